The Bertz CT molecular complexity index is 703. The highest BCUT2D eigenvalue weighted by molar-refractivity contribution is 6.33. The van der Waals surface area contributed by atoms with Gasteiger partial charge in [-0.15, -0.1) is 0 Å². The van der Waals surface area contributed by atoms with Gasteiger partial charge >= 0.3 is 5.97 Å². The fourth-order valence-electron chi connectivity index (χ4n) is 1.86. The highest BCUT2D eigenvalue weighted by Crippen LogP contribution is 2.24. The van der Waals surface area contributed by atoms with Crippen molar-refractivity contribution < 1.29 is 19.1 Å². The van der Waals surface area contributed by atoms with Crippen molar-refractivity contribution in [3.8, 4) is 5.75 Å². The Morgan fingerprint density at radius 1 is 1.13 bits per heavy atom. The molecule has 23 heavy (non-hydrogen) atoms. The van der Waals surface area contributed by atoms with Crippen LogP contribution in [0.5, 0.6) is 5.75 Å². The second-order valence-electron chi connectivity index (χ2n) is 4.75. The number of benzene rings is 2. The van der Waals surface area contributed by atoms with Gasteiger partial charge in [0.2, 0.25) is 0 Å². The molecule has 0 saturated heterocycles. The molecule has 2 aromatic carbocycles. The molecule has 1 N–H and O–H groups in total. The van der Waals surface area contributed by atoms with E-state index < -0.39 is 12.1 Å². The molecule has 0 aromatic heterocycles. The Morgan fingerprint density at radius 3 is 2.48 bits per heavy atom. The number of anilines is 1. The van der Waals surface area contributed by atoms with Crippen LogP contribution < -0.4 is 10.1 Å². The summed E-state index contributed by atoms with van der Waals surface area (Å²) < 4.78 is 10.2. The minimum atomic E-state index is -0.727. The van der Waals surface area contributed by atoms with Crippen LogP contribution in [-0.2, 0) is 9.53 Å². The van der Waals surface area contributed by atoms with Gasteiger partial charge in [-0.05, 0) is 37.3 Å². The van der Waals surface area contributed by atoms with Gasteiger partial charge in [0.1, 0.15) is 5.75 Å². The maximum atomic E-state index is 12.2. The van der Waals surface area contributed by atoms with E-state index in [-0.39, 0.29) is 5.91 Å². The molecule has 5 nitrogen and oxygen atoms in total. The van der Waals surface area contributed by atoms with Gasteiger partial charge in [-0.3, -0.25) is 4.79 Å². The minimum Gasteiger partial charge on any atom is -0.481 e. The van der Waals surface area contributed by atoms with Gasteiger partial charge in [0, 0.05) is 0 Å². The number of para-hydroxylation sites is 1. The van der Waals surface area contributed by atoms with Crippen LogP contribution in [-0.4, -0.2) is 25.1 Å². The molecule has 0 spiro atoms. The van der Waals surface area contributed by atoms with Crippen LogP contribution in [0.4, 0.5) is 5.69 Å². The van der Waals surface area contributed by atoms with Crippen LogP contribution in [0.2, 0.25) is 5.02 Å². The second kappa shape index (κ2) is 7.65. The molecule has 2 rings (SSSR count). The maximum absolute atomic E-state index is 12.2. The number of hydrogen-bond acceptors (Lipinski definition) is 4. The zero-order valence-electron chi connectivity index (χ0n) is 12.7. The van der Waals surface area contributed by atoms with E-state index >= 15 is 0 Å². The van der Waals surface area contributed by atoms with Gasteiger partial charge < -0.3 is 14.8 Å². The number of amides is 1. The Morgan fingerprint density at radius 2 is 1.83 bits per heavy atom. The van der Waals surface area contributed by atoms with E-state index in [4.69, 9.17) is 16.3 Å². The number of ether oxygens (including phenoxy) is 2. The number of esters is 1. The van der Waals surface area contributed by atoms with E-state index in [0.29, 0.717) is 22.0 Å². The monoisotopic (exact) mass is 333 g/mol. The maximum Gasteiger partial charge on any atom is 0.337 e. The van der Waals surface area contributed by atoms with Crippen molar-refractivity contribution in [1.82, 2.24) is 0 Å². The van der Waals surface area contributed by atoms with Crippen molar-refractivity contribution >= 4 is 29.2 Å². The van der Waals surface area contributed by atoms with Crippen LogP contribution in [0.15, 0.2) is 48.5 Å². The summed E-state index contributed by atoms with van der Waals surface area (Å²) in [6.45, 7) is 1.63. The van der Waals surface area contributed by atoms with Crippen molar-refractivity contribution in [2.24, 2.45) is 0 Å². The zero-order valence-corrected chi connectivity index (χ0v) is 13.5. The quantitative estimate of drug-likeness (QED) is 0.850. The summed E-state index contributed by atoms with van der Waals surface area (Å²) in [4.78, 5) is 23.7. The molecule has 0 bridgehead atoms. The summed E-state index contributed by atoms with van der Waals surface area (Å²) in [5, 5.41) is 2.96. The van der Waals surface area contributed by atoms with E-state index in [1.807, 2.05) is 18.2 Å². The molecule has 0 unspecified atom stereocenters. The van der Waals surface area contributed by atoms with Crippen molar-refractivity contribution in [2.45, 2.75) is 13.0 Å². The summed E-state index contributed by atoms with van der Waals surface area (Å²) in [5.41, 5.74) is 0.618. The molecule has 0 aliphatic heterocycles. The van der Waals surface area contributed by atoms with E-state index in [1.54, 1.807) is 19.1 Å². The third-order valence-corrected chi connectivity index (χ3v) is 3.40. The number of halogens is 1. The molecule has 0 radical (unpaired) electrons. The number of carbonyl (C=O) groups excluding carboxylic acids is 2. The molecule has 1 amide bonds. The predicted octanol–water partition coefficient (Wildman–Crippen LogP) is 3.53. The molecule has 120 valence electrons. The zero-order chi connectivity index (χ0) is 16.8. The molecule has 0 aliphatic carbocycles. The average molecular weight is 334 g/mol. The highest BCUT2D eigenvalue weighted by atomic mass is 35.5. The Balaban J connectivity index is 2.08. The van der Waals surface area contributed by atoms with E-state index in [0.717, 1.165) is 0 Å². The second-order valence-corrected chi connectivity index (χ2v) is 5.16. The van der Waals surface area contributed by atoms with Crippen LogP contribution in [0.3, 0.4) is 0 Å². The van der Waals surface area contributed by atoms with Gasteiger partial charge in [-0.2, -0.15) is 0 Å². The van der Waals surface area contributed by atoms with Crippen LogP contribution >= 0.6 is 11.6 Å². The van der Waals surface area contributed by atoms with Crippen LogP contribution in [0, 0.1) is 0 Å². The molecule has 0 fully saturated rings. The molecule has 2 aromatic rings. The summed E-state index contributed by atoms with van der Waals surface area (Å²) >= 11 is 6.05. The van der Waals surface area contributed by atoms with Crippen molar-refractivity contribution in [3.05, 3.63) is 59.1 Å². The van der Waals surface area contributed by atoms with Crippen LogP contribution in [0.1, 0.15) is 17.3 Å². The largest absolute Gasteiger partial charge is 0.481 e. The summed E-state index contributed by atoms with van der Waals surface area (Å²) in [5.74, 6) is -0.298. The first-order valence-corrected chi connectivity index (χ1v) is 7.29. The van der Waals surface area contributed by atoms with Crippen molar-refractivity contribution in [2.75, 3.05) is 12.4 Å². The summed E-state index contributed by atoms with van der Waals surface area (Å²) in [6, 6.07) is 13.5. The number of rotatable bonds is 5. The van der Waals surface area contributed by atoms with E-state index in [2.05, 4.69) is 10.1 Å². The smallest absolute Gasteiger partial charge is 0.337 e. The minimum absolute atomic E-state index is 0.295. The fourth-order valence-corrected chi connectivity index (χ4v) is 2.02. The lowest BCUT2D eigenvalue weighted by atomic mass is 10.2. The number of nitrogens with one attached hydrogen (secondary N) is 1. The molecule has 0 aliphatic rings. The first-order chi connectivity index (χ1) is 11.0. The highest BCUT2D eigenvalue weighted by Gasteiger charge is 2.17. The third kappa shape index (κ3) is 4.47. The summed E-state index contributed by atoms with van der Waals surface area (Å²) in [7, 11) is 1.28. The SMILES string of the molecule is COC(=O)c1ccc(Cl)c(NC(=O)[C@H](C)Oc2ccccc2)c1. The molecule has 0 heterocycles. The van der Waals surface area contributed by atoms with Crippen molar-refractivity contribution in [3.63, 3.8) is 0 Å². The Kier molecular flexibility index (Phi) is 5.60. The van der Waals surface area contributed by atoms with E-state index in [1.165, 1.54) is 25.3 Å². The number of hydrogen-bond donors (Lipinski definition) is 1. The lowest BCUT2D eigenvalue weighted by molar-refractivity contribution is -0.122. The number of methoxy groups -OCH3 is 1. The molecule has 1 atom stereocenters. The topological polar surface area (TPSA) is 64.6 Å². The van der Waals surface area contributed by atoms with Gasteiger partial charge in [0.25, 0.3) is 5.91 Å². The van der Waals surface area contributed by atoms with Crippen LogP contribution in [0.25, 0.3) is 0 Å². The van der Waals surface area contributed by atoms with Gasteiger partial charge in [-0.1, -0.05) is 29.8 Å². The predicted molar refractivity (Wildman–Crippen MR) is 88.0 cm³/mol. The third-order valence-electron chi connectivity index (χ3n) is 3.07. The van der Waals surface area contributed by atoms with Gasteiger partial charge in [-0.25, -0.2) is 4.79 Å². The Labute approximate surface area is 139 Å². The average Bonchev–Trinajstić information content (AvgIpc) is 2.56. The molecule has 6 heteroatoms. The Hall–Kier alpha value is -2.53. The normalized spacial score (nSPS) is 11.4. The fraction of sp³-hybridized carbons (Fsp3) is 0.176. The first kappa shape index (κ1) is 16.8. The molecule has 0 saturated carbocycles. The van der Waals surface area contributed by atoms with E-state index in [9.17, 15) is 9.59 Å². The molecular formula is C17H16ClNO4. The first-order valence-electron chi connectivity index (χ1n) is 6.91. The van der Waals surface area contributed by atoms with Gasteiger partial charge in [0.15, 0.2) is 6.10 Å². The van der Waals surface area contributed by atoms with Crippen molar-refractivity contribution in [1.29, 1.82) is 0 Å². The lowest BCUT2D eigenvalue weighted by Gasteiger charge is -2.15. The number of carbonyl (C=O) groups is 2. The van der Waals surface area contributed by atoms with Gasteiger partial charge in [0.05, 0.1) is 23.4 Å². The standard InChI is InChI=1S/C17H16ClNO4/c1-11(23-13-6-4-3-5-7-13)16(20)19-15-10-12(17(21)22-2)8-9-14(15)18/h3-11H,1-2H3,(H,19,20)/t11-/m0/s1. The molecular weight excluding hydrogens is 318 g/mol. The summed E-state index contributed by atoms with van der Waals surface area (Å²) in [6.07, 6.45) is -0.727. The lowest BCUT2D eigenvalue weighted by Crippen LogP contribution is -2.30.